The van der Waals surface area contributed by atoms with Crippen molar-refractivity contribution < 1.29 is 23.8 Å². The van der Waals surface area contributed by atoms with Crippen LogP contribution in [0.2, 0.25) is 5.02 Å². The SMILES string of the molecule is Nc1ccnc(C(=O)NC23CCC(NC(=O)COc4ccc(Cl)c(F)c4)(CC2)C(O)C3)c1. The van der Waals surface area contributed by atoms with Gasteiger partial charge >= 0.3 is 0 Å². The van der Waals surface area contributed by atoms with Gasteiger partial charge in [0.25, 0.3) is 11.8 Å². The first-order valence-corrected chi connectivity index (χ1v) is 10.7. The standard InChI is InChI=1S/C22H24ClFN4O4/c23-15-2-1-14(10-16(15)24)32-12-19(30)27-22-6-4-21(5-7-22,11-18(22)29)28-20(31)17-9-13(25)3-8-26-17/h1-3,8-10,18,29H,4-7,11-12H2,(H2,25,26)(H,27,30)(H,28,31). The Hall–Kier alpha value is -2.91. The summed E-state index contributed by atoms with van der Waals surface area (Å²) in [5, 5.41) is 16.7. The molecule has 1 aromatic heterocycles. The minimum absolute atomic E-state index is 0.0321. The van der Waals surface area contributed by atoms with Gasteiger partial charge in [-0.25, -0.2) is 4.39 Å². The quantitative estimate of drug-likeness (QED) is 0.521. The number of fused-ring (bicyclic) bond motifs is 3. The van der Waals surface area contributed by atoms with E-state index in [1.165, 1.54) is 24.4 Å². The van der Waals surface area contributed by atoms with E-state index in [1.807, 2.05) is 0 Å². The maximum absolute atomic E-state index is 13.5. The number of rotatable bonds is 6. The van der Waals surface area contributed by atoms with E-state index in [4.69, 9.17) is 22.1 Å². The summed E-state index contributed by atoms with van der Waals surface area (Å²) >= 11 is 5.64. The van der Waals surface area contributed by atoms with E-state index in [0.717, 1.165) is 6.07 Å². The van der Waals surface area contributed by atoms with E-state index in [9.17, 15) is 19.1 Å². The predicted molar refractivity (Wildman–Crippen MR) is 116 cm³/mol. The number of carbonyl (C=O) groups excluding carboxylic acids is 2. The van der Waals surface area contributed by atoms with Gasteiger partial charge in [-0.3, -0.25) is 14.6 Å². The summed E-state index contributed by atoms with van der Waals surface area (Å²) in [6, 6.07) is 7.03. The number of aliphatic hydroxyl groups is 1. The van der Waals surface area contributed by atoms with Crippen molar-refractivity contribution in [2.75, 3.05) is 12.3 Å². The Balaban J connectivity index is 1.35. The molecule has 3 aliphatic carbocycles. The second-order valence-electron chi connectivity index (χ2n) is 8.50. The average molecular weight is 463 g/mol. The van der Waals surface area contributed by atoms with Gasteiger partial charge in [0, 0.05) is 23.5 Å². The van der Waals surface area contributed by atoms with E-state index in [-0.39, 0.29) is 29.0 Å². The molecule has 1 atom stereocenters. The van der Waals surface area contributed by atoms with Crippen molar-refractivity contribution in [2.45, 2.75) is 49.3 Å². The van der Waals surface area contributed by atoms with Crippen LogP contribution in [0.5, 0.6) is 5.75 Å². The van der Waals surface area contributed by atoms with Gasteiger partial charge in [0.05, 0.1) is 16.7 Å². The van der Waals surface area contributed by atoms with Gasteiger partial charge in [-0.2, -0.15) is 0 Å². The Labute approximate surface area is 189 Å². The first kappa shape index (κ1) is 22.3. The highest BCUT2D eigenvalue weighted by atomic mass is 35.5. The number of amides is 2. The van der Waals surface area contributed by atoms with Crippen LogP contribution in [0.4, 0.5) is 10.1 Å². The first-order valence-electron chi connectivity index (χ1n) is 10.3. The van der Waals surface area contributed by atoms with Gasteiger partial charge in [-0.05, 0) is 56.4 Å². The number of nitrogens with zero attached hydrogens (tertiary/aromatic N) is 1. The highest BCUT2D eigenvalue weighted by Crippen LogP contribution is 2.47. The van der Waals surface area contributed by atoms with Crippen LogP contribution in [0.25, 0.3) is 0 Å². The smallest absolute Gasteiger partial charge is 0.270 e. The van der Waals surface area contributed by atoms with Crippen LogP contribution < -0.4 is 21.1 Å². The zero-order chi connectivity index (χ0) is 22.9. The summed E-state index contributed by atoms with van der Waals surface area (Å²) in [5.41, 5.74) is 5.05. The molecule has 2 bridgehead atoms. The minimum atomic E-state index is -0.837. The molecule has 2 aromatic rings. The number of hydrogen-bond donors (Lipinski definition) is 4. The van der Waals surface area contributed by atoms with Crippen molar-refractivity contribution in [1.82, 2.24) is 15.6 Å². The molecule has 3 aliphatic rings. The fourth-order valence-corrected chi connectivity index (χ4v) is 4.68. The van der Waals surface area contributed by atoms with E-state index >= 15 is 0 Å². The van der Waals surface area contributed by atoms with Crippen LogP contribution >= 0.6 is 11.6 Å². The topological polar surface area (TPSA) is 127 Å². The fourth-order valence-electron chi connectivity index (χ4n) is 4.57. The highest BCUT2D eigenvalue weighted by Gasteiger charge is 2.55. The molecule has 1 heterocycles. The molecule has 0 spiro atoms. The molecule has 10 heteroatoms. The Morgan fingerprint density at radius 2 is 1.97 bits per heavy atom. The van der Waals surface area contributed by atoms with Crippen molar-refractivity contribution in [3.05, 3.63) is 53.1 Å². The number of aliphatic hydroxyl groups excluding tert-OH is 1. The van der Waals surface area contributed by atoms with Crippen LogP contribution in [0, 0.1) is 5.82 Å². The van der Waals surface area contributed by atoms with Crippen LogP contribution in [0.3, 0.4) is 0 Å². The number of aromatic nitrogens is 1. The molecule has 32 heavy (non-hydrogen) atoms. The molecular formula is C22H24ClFN4O4. The van der Waals surface area contributed by atoms with E-state index in [0.29, 0.717) is 37.8 Å². The summed E-state index contributed by atoms with van der Waals surface area (Å²) in [6.07, 6.45) is 3.14. The fraction of sp³-hybridized carbons (Fsp3) is 0.409. The molecule has 1 aromatic carbocycles. The molecule has 0 aliphatic heterocycles. The second kappa shape index (κ2) is 8.55. The minimum Gasteiger partial charge on any atom is -0.484 e. The molecule has 0 radical (unpaired) electrons. The number of benzene rings is 1. The van der Waals surface area contributed by atoms with Gasteiger partial charge in [-0.1, -0.05) is 11.6 Å². The molecule has 2 amide bonds. The lowest BCUT2D eigenvalue weighted by Crippen LogP contribution is -2.70. The monoisotopic (exact) mass is 462 g/mol. The van der Waals surface area contributed by atoms with E-state index in [2.05, 4.69) is 15.6 Å². The van der Waals surface area contributed by atoms with Crippen molar-refractivity contribution >= 4 is 29.1 Å². The number of ether oxygens (including phenoxy) is 1. The number of pyridine rings is 1. The molecule has 5 rings (SSSR count). The zero-order valence-electron chi connectivity index (χ0n) is 17.2. The van der Waals surface area contributed by atoms with Crippen molar-refractivity contribution in [3.8, 4) is 5.75 Å². The number of nitrogens with two attached hydrogens (primary N) is 1. The summed E-state index contributed by atoms with van der Waals surface area (Å²) < 4.78 is 18.9. The number of nitrogen functional groups attached to an aromatic ring is 1. The maximum Gasteiger partial charge on any atom is 0.270 e. The normalized spacial score (nSPS) is 26.4. The third-order valence-electron chi connectivity index (χ3n) is 6.37. The number of nitrogens with one attached hydrogen (secondary N) is 2. The molecule has 170 valence electrons. The van der Waals surface area contributed by atoms with Gasteiger partial charge in [0.2, 0.25) is 0 Å². The van der Waals surface area contributed by atoms with Gasteiger partial charge in [-0.15, -0.1) is 0 Å². The molecule has 3 fully saturated rings. The lowest BCUT2D eigenvalue weighted by atomic mass is 9.60. The molecule has 1 unspecified atom stereocenters. The first-order chi connectivity index (χ1) is 15.2. The summed E-state index contributed by atoms with van der Waals surface area (Å²) in [6.45, 7) is -0.321. The van der Waals surface area contributed by atoms with Crippen molar-refractivity contribution in [2.24, 2.45) is 0 Å². The van der Waals surface area contributed by atoms with Crippen LogP contribution in [0.15, 0.2) is 36.5 Å². The predicted octanol–water partition coefficient (Wildman–Crippen LogP) is 2.20. The third-order valence-corrected chi connectivity index (χ3v) is 6.67. The summed E-state index contributed by atoms with van der Waals surface area (Å²) in [5.74, 6) is -1.21. The van der Waals surface area contributed by atoms with Crippen LogP contribution in [-0.2, 0) is 4.79 Å². The Kier molecular flexibility index (Phi) is 5.96. The Morgan fingerprint density at radius 1 is 1.22 bits per heavy atom. The van der Waals surface area contributed by atoms with E-state index in [1.54, 1.807) is 6.07 Å². The third kappa shape index (κ3) is 4.49. The van der Waals surface area contributed by atoms with E-state index < -0.39 is 28.9 Å². The largest absolute Gasteiger partial charge is 0.484 e. The molecule has 0 saturated heterocycles. The van der Waals surface area contributed by atoms with Crippen molar-refractivity contribution in [3.63, 3.8) is 0 Å². The number of hydrogen-bond acceptors (Lipinski definition) is 6. The summed E-state index contributed by atoms with van der Waals surface area (Å²) in [7, 11) is 0. The molecule has 5 N–H and O–H groups in total. The summed E-state index contributed by atoms with van der Waals surface area (Å²) in [4.78, 5) is 29.2. The average Bonchev–Trinajstić information content (AvgIpc) is 2.76. The molecule has 8 nitrogen and oxygen atoms in total. The van der Waals surface area contributed by atoms with Crippen LogP contribution in [0.1, 0.15) is 42.6 Å². The molecule has 3 saturated carbocycles. The van der Waals surface area contributed by atoms with Gasteiger partial charge in [0.15, 0.2) is 6.61 Å². The number of halogens is 2. The Bertz CT molecular complexity index is 1040. The number of anilines is 1. The van der Waals surface area contributed by atoms with Gasteiger partial charge in [0.1, 0.15) is 17.3 Å². The Morgan fingerprint density at radius 3 is 2.62 bits per heavy atom. The number of carbonyl (C=O) groups is 2. The van der Waals surface area contributed by atoms with Gasteiger partial charge < -0.3 is 26.2 Å². The van der Waals surface area contributed by atoms with Crippen molar-refractivity contribution in [1.29, 1.82) is 0 Å². The lowest BCUT2D eigenvalue weighted by molar-refractivity contribution is -0.132. The molecular weight excluding hydrogens is 439 g/mol. The van der Waals surface area contributed by atoms with Crippen LogP contribution in [-0.4, -0.2) is 45.7 Å². The highest BCUT2D eigenvalue weighted by molar-refractivity contribution is 6.30. The second-order valence-corrected chi connectivity index (χ2v) is 8.90. The lowest BCUT2D eigenvalue weighted by Gasteiger charge is -2.56. The maximum atomic E-state index is 13.5. The zero-order valence-corrected chi connectivity index (χ0v) is 18.0.